The van der Waals surface area contributed by atoms with Gasteiger partial charge in [0.05, 0.1) is 55.5 Å². The maximum atomic E-state index is 5.62. The van der Waals surface area contributed by atoms with Crippen LogP contribution in [0.5, 0.6) is 40.2 Å². The molecule has 0 N–H and O–H groups in total. The van der Waals surface area contributed by atoms with Gasteiger partial charge in [-0.3, -0.25) is 14.9 Å². The van der Waals surface area contributed by atoms with E-state index in [0.29, 0.717) is 47.1 Å². The first kappa shape index (κ1) is 37.1. The van der Waals surface area contributed by atoms with E-state index in [4.69, 9.17) is 33.2 Å². The molecular formula is C42H48N4O7. The van der Waals surface area contributed by atoms with Gasteiger partial charge in [-0.15, -0.1) is 0 Å². The predicted molar refractivity (Wildman–Crippen MR) is 206 cm³/mol. The number of anilines is 1. The third kappa shape index (κ3) is 8.36. The molecular weight excluding hydrogens is 672 g/mol. The second-order valence-electron chi connectivity index (χ2n) is 12.8. The Kier molecular flexibility index (Phi) is 12.1. The number of likely N-dealkylation sites (tertiary alicyclic amines) is 1. The smallest absolute Gasteiger partial charge is 0.203 e. The van der Waals surface area contributed by atoms with Gasteiger partial charge in [0.25, 0.3) is 0 Å². The van der Waals surface area contributed by atoms with Crippen molar-refractivity contribution in [1.82, 2.24) is 14.9 Å². The second-order valence-corrected chi connectivity index (χ2v) is 12.8. The lowest BCUT2D eigenvalue weighted by Gasteiger charge is -2.40. The first-order valence-electron chi connectivity index (χ1n) is 17.5. The van der Waals surface area contributed by atoms with E-state index in [9.17, 15) is 0 Å². The van der Waals surface area contributed by atoms with Crippen molar-refractivity contribution in [3.63, 3.8) is 0 Å². The summed E-state index contributed by atoms with van der Waals surface area (Å²) < 4.78 is 39.0. The molecule has 1 aliphatic rings. The van der Waals surface area contributed by atoms with Crippen molar-refractivity contribution >= 4 is 5.69 Å². The van der Waals surface area contributed by atoms with Crippen LogP contribution in [0.25, 0.3) is 22.4 Å². The molecule has 0 spiro atoms. The zero-order valence-electron chi connectivity index (χ0n) is 31.5. The molecule has 1 saturated heterocycles. The van der Waals surface area contributed by atoms with Gasteiger partial charge in [0.1, 0.15) is 5.75 Å². The highest BCUT2D eigenvalue weighted by Gasteiger charge is 2.26. The standard InChI is InChI=1S/C42H48N4O7/c1-47-35-10-8-33(9-11-35)46(27-29-18-32(25-43-24-29)30-20-37(48-2)41(52-6)38(21-30)49-3)34-13-16-45(17-14-34)26-28-12-15-44-36(19-28)31-22-39(50-4)42(53-7)40(23-31)51-5/h8-12,15,18-25,34H,13-14,16-17,26-27H2,1-7H3. The molecule has 0 aliphatic carbocycles. The zero-order valence-corrected chi connectivity index (χ0v) is 31.5. The van der Waals surface area contributed by atoms with Gasteiger partial charge in [-0.1, -0.05) is 0 Å². The van der Waals surface area contributed by atoms with Crippen LogP contribution < -0.4 is 38.1 Å². The minimum Gasteiger partial charge on any atom is -0.497 e. The van der Waals surface area contributed by atoms with Crippen LogP contribution in [0.4, 0.5) is 5.69 Å². The van der Waals surface area contributed by atoms with Gasteiger partial charge in [-0.05, 0) is 96.3 Å². The van der Waals surface area contributed by atoms with Gasteiger partial charge in [-0.2, -0.15) is 0 Å². The zero-order chi connectivity index (χ0) is 37.3. The van der Waals surface area contributed by atoms with Crippen LogP contribution in [0.1, 0.15) is 24.0 Å². The summed E-state index contributed by atoms with van der Waals surface area (Å²) in [6, 6.07) is 22.9. The average molecular weight is 721 g/mol. The molecule has 0 saturated carbocycles. The molecule has 0 amide bonds. The molecule has 5 aromatic rings. The number of nitrogens with zero attached hydrogens (tertiary/aromatic N) is 4. The van der Waals surface area contributed by atoms with E-state index in [-0.39, 0.29) is 0 Å². The van der Waals surface area contributed by atoms with E-state index in [1.165, 1.54) is 5.56 Å². The number of pyridine rings is 2. The molecule has 11 nitrogen and oxygen atoms in total. The molecule has 278 valence electrons. The summed E-state index contributed by atoms with van der Waals surface area (Å²) in [5.74, 6) is 4.35. The molecule has 0 radical (unpaired) electrons. The van der Waals surface area contributed by atoms with Crippen LogP contribution in [-0.4, -0.2) is 83.8 Å². The van der Waals surface area contributed by atoms with Crippen molar-refractivity contribution in [2.45, 2.75) is 32.0 Å². The maximum Gasteiger partial charge on any atom is 0.203 e. The van der Waals surface area contributed by atoms with Gasteiger partial charge in [-0.25, -0.2) is 0 Å². The Morgan fingerprint density at radius 3 is 1.74 bits per heavy atom. The molecule has 0 bridgehead atoms. The fourth-order valence-electron chi connectivity index (χ4n) is 6.99. The number of benzene rings is 3. The van der Waals surface area contributed by atoms with E-state index in [2.05, 4.69) is 50.1 Å². The summed E-state index contributed by atoms with van der Waals surface area (Å²) in [7, 11) is 11.4. The lowest BCUT2D eigenvalue weighted by molar-refractivity contribution is 0.201. The first-order chi connectivity index (χ1) is 25.9. The average Bonchev–Trinajstić information content (AvgIpc) is 3.22. The summed E-state index contributed by atoms with van der Waals surface area (Å²) in [6.07, 6.45) is 7.70. The van der Waals surface area contributed by atoms with Crippen LogP contribution in [0.15, 0.2) is 85.3 Å². The van der Waals surface area contributed by atoms with E-state index in [0.717, 1.165) is 71.9 Å². The molecule has 1 aliphatic heterocycles. The highest BCUT2D eigenvalue weighted by atomic mass is 16.5. The van der Waals surface area contributed by atoms with Crippen molar-refractivity contribution in [3.05, 3.63) is 96.4 Å². The summed E-state index contributed by atoms with van der Waals surface area (Å²) >= 11 is 0. The van der Waals surface area contributed by atoms with E-state index >= 15 is 0 Å². The van der Waals surface area contributed by atoms with Gasteiger partial charge in [0, 0.05) is 67.6 Å². The largest absolute Gasteiger partial charge is 0.497 e. The van der Waals surface area contributed by atoms with Crippen LogP contribution in [0.3, 0.4) is 0 Å². The van der Waals surface area contributed by atoms with Crippen LogP contribution in [0.2, 0.25) is 0 Å². The predicted octanol–water partition coefficient (Wildman–Crippen LogP) is 7.54. The monoisotopic (exact) mass is 720 g/mol. The Morgan fingerprint density at radius 1 is 0.604 bits per heavy atom. The Hall–Kier alpha value is -5.68. The van der Waals surface area contributed by atoms with E-state index < -0.39 is 0 Å². The van der Waals surface area contributed by atoms with E-state index in [1.807, 2.05) is 55.0 Å². The topological polar surface area (TPSA) is 96.9 Å². The number of methoxy groups -OCH3 is 7. The summed E-state index contributed by atoms with van der Waals surface area (Å²) in [4.78, 5) is 14.3. The molecule has 0 atom stereocenters. The van der Waals surface area contributed by atoms with Crippen molar-refractivity contribution in [2.75, 3.05) is 67.8 Å². The maximum absolute atomic E-state index is 5.62. The SMILES string of the molecule is COc1ccc(N(Cc2cncc(-c3cc(OC)c(OC)c(OC)c3)c2)C2CCN(Cc3ccnc(-c4cc(OC)c(OC)c(OC)c4)c3)CC2)cc1. The molecule has 6 rings (SSSR count). The van der Waals surface area contributed by atoms with Gasteiger partial charge >= 0.3 is 0 Å². The first-order valence-corrected chi connectivity index (χ1v) is 17.5. The Bertz CT molecular complexity index is 1930. The molecule has 11 heteroatoms. The molecule has 53 heavy (non-hydrogen) atoms. The Balaban J connectivity index is 1.20. The van der Waals surface area contributed by atoms with Crippen LogP contribution in [0, 0.1) is 0 Å². The van der Waals surface area contributed by atoms with Crippen molar-refractivity contribution in [1.29, 1.82) is 0 Å². The third-order valence-electron chi connectivity index (χ3n) is 9.74. The Labute approximate surface area is 312 Å². The summed E-state index contributed by atoms with van der Waals surface area (Å²) in [6.45, 7) is 3.45. The highest BCUT2D eigenvalue weighted by molar-refractivity contribution is 5.71. The van der Waals surface area contributed by atoms with Crippen molar-refractivity contribution < 1.29 is 33.2 Å². The third-order valence-corrected chi connectivity index (χ3v) is 9.74. The number of hydrogen-bond donors (Lipinski definition) is 0. The molecule has 1 fully saturated rings. The van der Waals surface area contributed by atoms with Gasteiger partial charge < -0.3 is 38.1 Å². The molecule has 2 aromatic heterocycles. The lowest BCUT2D eigenvalue weighted by Crippen LogP contribution is -2.44. The molecule has 3 aromatic carbocycles. The number of ether oxygens (including phenoxy) is 7. The summed E-state index contributed by atoms with van der Waals surface area (Å²) in [5, 5.41) is 0. The number of rotatable bonds is 15. The summed E-state index contributed by atoms with van der Waals surface area (Å²) in [5.41, 5.74) is 7.10. The van der Waals surface area contributed by atoms with Crippen molar-refractivity contribution in [2.24, 2.45) is 0 Å². The molecule has 3 heterocycles. The molecule has 0 unspecified atom stereocenters. The van der Waals surface area contributed by atoms with Gasteiger partial charge in [0.2, 0.25) is 11.5 Å². The number of aromatic nitrogens is 2. The normalized spacial score (nSPS) is 13.3. The van der Waals surface area contributed by atoms with E-state index in [1.54, 1.807) is 49.8 Å². The van der Waals surface area contributed by atoms with Crippen molar-refractivity contribution in [3.8, 4) is 62.6 Å². The quantitative estimate of drug-likeness (QED) is 0.107. The number of hydrogen-bond acceptors (Lipinski definition) is 11. The second kappa shape index (κ2) is 17.2. The minimum atomic E-state index is 0.330. The lowest BCUT2D eigenvalue weighted by atomic mass is 9.99. The van der Waals surface area contributed by atoms with Crippen LogP contribution in [-0.2, 0) is 13.1 Å². The van der Waals surface area contributed by atoms with Gasteiger partial charge in [0.15, 0.2) is 23.0 Å². The van der Waals surface area contributed by atoms with Crippen LogP contribution >= 0.6 is 0 Å². The Morgan fingerprint density at radius 2 is 1.19 bits per heavy atom. The fourth-order valence-corrected chi connectivity index (χ4v) is 6.99. The number of piperidine rings is 1. The fraction of sp³-hybridized carbons (Fsp3) is 0.333. The minimum absolute atomic E-state index is 0.330. The highest BCUT2D eigenvalue weighted by Crippen LogP contribution is 2.42.